The molecule has 0 unspecified atom stereocenters. The number of ketones is 1. The van der Waals surface area contributed by atoms with Gasteiger partial charge in [0.15, 0.2) is 5.78 Å². The smallest absolute Gasteiger partial charge is 0.169 e. The third kappa shape index (κ3) is 2.53. The zero-order valence-electron chi connectivity index (χ0n) is 10.1. The van der Waals surface area contributed by atoms with Gasteiger partial charge >= 0.3 is 0 Å². The van der Waals surface area contributed by atoms with Crippen molar-refractivity contribution in [3.8, 4) is 0 Å². The van der Waals surface area contributed by atoms with E-state index in [1.54, 1.807) is 12.1 Å². The number of halogens is 1. The number of carbonyl (C=O) groups is 1. The molecule has 0 atom stereocenters. The first-order valence-electron chi connectivity index (χ1n) is 6.19. The first-order chi connectivity index (χ1) is 8.18. The number of hydrogen-bond donors (Lipinski definition) is 1. The van der Waals surface area contributed by atoms with Gasteiger partial charge in [-0.05, 0) is 44.5 Å². The van der Waals surface area contributed by atoms with Crippen molar-refractivity contribution in [2.75, 3.05) is 13.1 Å². The Morgan fingerprint density at radius 2 is 2.12 bits per heavy atom. The van der Waals surface area contributed by atoms with Crippen molar-refractivity contribution < 1.29 is 4.79 Å². The van der Waals surface area contributed by atoms with Crippen LogP contribution in [0.3, 0.4) is 0 Å². The number of benzene rings is 1. The lowest BCUT2D eigenvalue weighted by Gasteiger charge is -2.35. The highest BCUT2D eigenvalue weighted by Crippen LogP contribution is 2.36. The minimum Gasteiger partial charge on any atom is -0.317 e. The number of carbonyl (C=O) groups excluding carboxylic acids is 1. The Labute approximate surface area is 107 Å². The summed E-state index contributed by atoms with van der Waals surface area (Å²) < 4.78 is 0. The van der Waals surface area contributed by atoms with Gasteiger partial charge in [-0.15, -0.1) is 0 Å². The monoisotopic (exact) mass is 251 g/mol. The van der Waals surface area contributed by atoms with Crippen LogP contribution >= 0.6 is 11.6 Å². The molecule has 1 N–H and O–H groups in total. The lowest BCUT2D eigenvalue weighted by Crippen LogP contribution is -2.41. The molecule has 1 aliphatic heterocycles. The number of Topliss-reactive ketones (excluding diaryl/α,β-unsaturated/α-hetero) is 1. The summed E-state index contributed by atoms with van der Waals surface area (Å²) in [6.45, 7) is 3.97. The lowest BCUT2D eigenvalue weighted by atomic mass is 9.71. The molecule has 0 radical (unpaired) electrons. The second kappa shape index (κ2) is 5.19. The topological polar surface area (TPSA) is 29.1 Å². The van der Waals surface area contributed by atoms with Gasteiger partial charge in [0.05, 0.1) is 0 Å². The molecule has 0 spiro atoms. The van der Waals surface area contributed by atoms with E-state index in [-0.39, 0.29) is 11.2 Å². The fourth-order valence-electron chi connectivity index (χ4n) is 2.58. The van der Waals surface area contributed by atoms with Crippen LogP contribution in [0.1, 0.15) is 36.5 Å². The van der Waals surface area contributed by atoms with Crippen LogP contribution in [-0.4, -0.2) is 18.9 Å². The van der Waals surface area contributed by atoms with Crippen LogP contribution in [0, 0.1) is 5.41 Å². The van der Waals surface area contributed by atoms with Crippen molar-refractivity contribution in [2.24, 2.45) is 5.41 Å². The van der Waals surface area contributed by atoms with Crippen LogP contribution in [0.2, 0.25) is 5.02 Å². The van der Waals surface area contributed by atoms with E-state index in [9.17, 15) is 4.79 Å². The summed E-state index contributed by atoms with van der Waals surface area (Å²) in [7, 11) is 0. The average Bonchev–Trinajstić information content (AvgIpc) is 2.38. The van der Waals surface area contributed by atoms with Crippen LogP contribution in [-0.2, 0) is 0 Å². The number of nitrogens with one attached hydrogen (secondary N) is 1. The van der Waals surface area contributed by atoms with E-state index >= 15 is 0 Å². The molecule has 0 aromatic heterocycles. The number of hydrogen-bond acceptors (Lipinski definition) is 2. The molecule has 3 heteroatoms. The summed E-state index contributed by atoms with van der Waals surface area (Å²) in [6, 6.07) is 7.30. The third-order valence-electron chi connectivity index (χ3n) is 3.81. The number of rotatable bonds is 3. The van der Waals surface area contributed by atoms with E-state index in [0.29, 0.717) is 5.02 Å². The highest BCUT2D eigenvalue weighted by atomic mass is 35.5. The summed E-state index contributed by atoms with van der Waals surface area (Å²) in [6.07, 6.45) is 2.75. The highest BCUT2D eigenvalue weighted by molar-refractivity contribution is 6.31. The normalized spacial score (nSPS) is 18.9. The van der Waals surface area contributed by atoms with E-state index in [2.05, 4.69) is 12.2 Å². The summed E-state index contributed by atoms with van der Waals surface area (Å²) in [4.78, 5) is 12.6. The van der Waals surface area contributed by atoms with Gasteiger partial charge < -0.3 is 5.32 Å². The van der Waals surface area contributed by atoms with E-state index in [1.165, 1.54) is 0 Å². The third-order valence-corrected chi connectivity index (χ3v) is 4.04. The van der Waals surface area contributed by atoms with Crippen LogP contribution in [0.4, 0.5) is 0 Å². The molecule has 1 heterocycles. The Bertz CT molecular complexity index is 410. The van der Waals surface area contributed by atoms with E-state index in [4.69, 9.17) is 11.6 Å². The minimum absolute atomic E-state index is 0.185. The molecule has 1 saturated heterocycles. The highest BCUT2D eigenvalue weighted by Gasteiger charge is 2.37. The van der Waals surface area contributed by atoms with E-state index in [0.717, 1.165) is 37.9 Å². The van der Waals surface area contributed by atoms with Crippen molar-refractivity contribution >= 4 is 17.4 Å². The van der Waals surface area contributed by atoms with Crippen LogP contribution in [0.5, 0.6) is 0 Å². The maximum atomic E-state index is 12.6. The first kappa shape index (κ1) is 12.6. The van der Waals surface area contributed by atoms with Crippen LogP contribution in [0.25, 0.3) is 0 Å². The van der Waals surface area contributed by atoms with Crippen molar-refractivity contribution in [2.45, 2.75) is 26.2 Å². The van der Waals surface area contributed by atoms with Gasteiger partial charge in [-0.1, -0.05) is 30.7 Å². The summed E-state index contributed by atoms with van der Waals surface area (Å²) in [5.41, 5.74) is 0.567. The lowest BCUT2D eigenvalue weighted by molar-refractivity contribution is 0.0717. The van der Waals surface area contributed by atoms with Crippen molar-refractivity contribution in [1.29, 1.82) is 0 Å². The average molecular weight is 252 g/mol. The molecule has 1 fully saturated rings. The molecule has 2 nitrogen and oxygen atoms in total. The van der Waals surface area contributed by atoms with Crippen molar-refractivity contribution in [3.05, 3.63) is 34.9 Å². The van der Waals surface area contributed by atoms with Crippen LogP contribution in [0.15, 0.2) is 24.3 Å². The summed E-state index contributed by atoms with van der Waals surface area (Å²) >= 11 is 5.95. The Balaban J connectivity index is 2.28. The quantitative estimate of drug-likeness (QED) is 0.836. The predicted molar refractivity (Wildman–Crippen MR) is 70.6 cm³/mol. The SMILES string of the molecule is CCC1(C(=O)c2cccc(Cl)c2)CCNCC1. The summed E-state index contributed by atoms with van der Waals surface area (Å²) in [5.74, 6) is 0.254. The molecule has 0 saturated carbocycles. The van der Waals surface area contributed by atoms with Crippen molar-refractivity contribution in [3.63, 3.8) is 0 Å². The molecule has 1 aromatic carbocycles. The van der Waals surface area contributed by atoms with Gasteiger partial charge in [-0.2, -0.15) is 0 Å². The maximum Gasteiger partial charge on any atom is 0.169 e. The summed E-state index contributed by atoms with van der Waals surface area (Å²) in [5, 5.41) is 3.95. The number of piperidine rings is 1. The Morgan fingerprint density at radius 3 is 2.71 bits per heavy atom. The van der Waals surface area contributed by atoms with Gasteiger partial charge in [0.2, 0.25) is 0 Å². The molecule has 92 valence electrons. The predicted octanol–water partition coefficient (Wildman–Crippen LogP) is 3.30. The van der Waals surface area contributed by atoms with E-state index in [1.807, 2.05) is 12.1 Å². The zero-order chi connectivity index (χ0) is 12.3. The second-order valence-corrected chi connectivity index (χ2v) is 5.16. The first-order valence-corrected chi connectivity index (χ1v) is 6.57. The molecule has 17 heavy (non-hydrogen) atoms. The molecule has 1 aromatic rings. The van der Waals surface area contributed by atoms with Gasteiger partial charge in [0.25, 0.3) is 0 Å². The molecular weight excluding hydrogens is 234 g/mol. The Morgan fingerprint density at radius 1 is 1.41 bits per heavy atom. The molecule has 0 aliphatic carbocycles. The molecular formula is C14H18ClNO. The second-order valence-electron chi connectivity index (χ2n) is 4.72. The minimum atomic E-state index is -0.185. The molecule has 0 amide bonds. The largest absolute Gasteiger partial charge is 0.317 e. The maximum absolute atomic E-state index is 12.6. The standard InChI is InChI=1S/C14H18ClNO/c1-2-14(6-8-16-9-7-14)13(17)11-4-3-5-12(15)10-11/h3-5,10,16H,2,6-9H2,1H3. The fourth-order valence-corrected chi connectivity index (χ4v) is 2.77. The molecule has 1 aliphatic rings. The van der Waals surface area contributed by atoms with Gasteiger partial charge in [0.1, 0.15) is 0 Å². The molecule has 0 bridgehead atoms. The van der Waals surface area contributed by atoms with Gasteiger partial charge in [0, 0.05) is 16.0 Å². The van der Waals surface area contributed by atoms with Crippen molar-refractivity contribution in [1.82, 2.24) is 5.32 Å². The Hall–Kier alpha value is -0.860. The van der Waals surface area contributed by atoms with E-state index < -0.39 is 0 Å². The fraction of sp³-hybridized carbons (Fsp3) is 0.500. The van der Waals surface area contributed by atoms with Crippen LogP contribution < -0.4 is 5.32 Å². The zero-order valence-corrected chi connectivity index (χ0v) is 10.9. The van der Waals surface area contributed by atoms with Gasteiger partial charge in [-0.3, -0.25) is 4.79 Å². The molecule has 2 rings (SSSR count). The Kier molecular flexibility index (Phi) is 3.85. The van der Waals surface area contributed by atoms with Gasteiger partial charge in [-0.25, -0.2) is 0 Å².